The highest BCUT2D eigenvalue weighted by atomic mass is 32.1. The van der Waals surface area contributed by atoms with Crippen molar-refractivity contribution in [2.24, 2.45) is 0 Å². The van der Waals surface area contributed by atoms with Gasteiger partial charge in [-0.1, -0.05) is 24.3 Å². The zero-order valence-corrected chi connectivity index (χ0v) is 18.8. The minimum Gasteiger partial charge on any atom is -0.493 e. The Kier molecular flexibility index (Phi) is 8.10. The molecule has 1 aromatic heterocycles. The fraction of sp³-hybridized carbons (Fsp3) is 0.381. The Hall–Kier alpha value is -3.45. The van der Waals surface area contributed by atoms with Gasteiger partial charge in [-0.25, -0.2) is 4.79 Å². The first-order valence-corrected chi connectivity index (χ1v) is 10.2. The summed E-state index contributed by atoms with van der Waals surface area (Å²) in [6.07, 6.45) is 2.12. The Balaban J connectivity index is 2.12. The lowest BCUT2D eigenvalue weighted by atomic mass is 10.1. The number of amides is 1. The molecule has 0 aliphatic carbocycles. The topological polar surface area (TPSA) is 123 Å². The molecule has 0 saturated heterocycles. The highest BCUT2D eigenvalue weighted by Crippen LogP contribution is 2.29. The van der Waals surface area contributed by atoms with Crippen LogP contribution in [0, 0.1) is 11.3 Å². The average molecular weight is 445 g/mol. The monoisotopic (exact) mass is 444 g/mol. The molecule has 1 heterocycles. The number of anilines is 1. The fourth-order valence-corrected chi connectivity index (χ4v) is 3.00. The maximum Gasteiger partial charge on any atom is 0.344 e. The van der Waals surface area contributed by atoms with Gasteiger partial charge in [0.25, 0.3) is 5.91 Å². The van der Waals surface area contributed by atoms with Gasteiger partial charge in [0.05, 0.1) is 7.11 Å². The first-order valence-electron chi connectivity index (χ1n) is 9.43. The van der Waals surface area contributed by atoms with Gasteiger partial charge in [0.15, 0.2) is 18.1 Å². The molecule has 0 radical (unpaired) electrons. The van der Waals surface area contributed by atoms with E-state index in [1.807, 2.05) is 13.0 Å². The molecule has 0 unspecified atom stereocenters. The number of aromatic nitrogens is 2. The van der Waals surface area contributed by atoms with Crippen LogP contribution in [0.15, 0.2) is 23.8 Å². The molecule has 164 valence electrons. The number of nitrogens with zero attached hydrogens (tertiary/aromatic N) is 3. The lowest BCUT2D eigenvalue weighted by Gasteiger charge is -2.19. The molecule has 1 N–H and O–H groups in total. The molecule has 1 amide bonds. The van der Waals surface area contributed by atoms with Gasteiger partial charge in [-0.3, -0.25) is 10.1 Å². The summed E-state index contributed by atoms with van der Waals surface area (Å²) in [5, 5.41) is 20.9. The second kappa shape index (κ2) is 10.5. The Labute approximate surface area is 184 Å². The van der Waals surface area contributed by atoms with Crippen LogP contribution in [-0.4, -0.2) is 41.4 Å². The number of hydrogen-bond donors (Lipinski definition) is 1. The Morgan fingerprint density at radius 1 is 1.26 bits per heavy atom. The number of aryl methyl sites for hydroxylation is 1. The van der Waals surface area contributed by atoms with E-state index in [9.17, 15) is 14.9 Å². The minimum absolute atomic E-state index is 0.113. The van der Waals surface area contributed by atoms with Crippen molar-refractivity contribution in [2.75, 3.05) is 19.0 Å². The number of nitrogens with one attached hydrogen (secondary N) is 1. The van der Waals surface area contributed by atoms with E-state index in [0.717, 1.165) is 5.01 Å². The summed E-state index contributed by atoms with van der Waals surface area (Å²) in [7, 11) is 1.45. The minimum atomic E-state index is -0.611. The lowest BCUT2D eigenvalue weighted by molar-refractivity contribution is -0.157. The van der Waals surface area contributed by atoms with Crippen molar-refractivity contribution in [1.29, 1.82) is 5.26 Å². The predicted molar refractivity (Wildman–Crippen MR) is 116 cm³/mol. The Morgan fingerprint density at radius 2 is 2.00 bits per heavy atom. The van der Waals surface area contributed by atoms with E-state index in [0.29, 0.717) is 28.6 Å². The largest absolute Gasteiger partial charge is 0.493 e. The maximum absolute atomic E-state index is 12.4. The number of methoxy groups -OCH3 is 1. The molecule has 2 aromatic rings. The van der Waals surface area contributed by atoms with E-state index in [1.54, 1.807) is 39.0 Å². The standard InChI is InChI=1S/C21H24N4O5S/c1-6-17-24-25-20(31-17)23-19(27)14(11-22)9-13-7-8-15(16(10-13)28-5)29-12-18(26)30-21(2,3)4/h7-10H,6,12H2,1-5H3,(H,23,25,27)/b14-9+. The normalized spacial score (nSPS) is 11.4. The van der Waals surface area contributed by atoms with Crippen LogP contribution in [-0.2, 0) is 20.7 Å². The highest BCUT2D eigenvalue weighted by molar-refractivity contribution is 7.15. The summed E-state index contributed by atoms with van der Waals surface area (Å²) in [6.45, 7) is 6.95. The SMILES string of the molecule is CCc1nnc(NC(=O)/C(C#N)=C/c2ccc(OCC(=O)OC(C)(C)C)c(OC)c2)s1. The smallest absolute Gasteiger partial charge is 0.344 e. The van der Waals surface area contributed by atoms with Gasteiger partial charge >= 0.3 is 5.97 Å². The third-order valence-corrected chi connectivity index (χ3v) is 4.60. The van der Waals surface area contributed by atoms with Gasteiger partial charge in [0, 0.05) is 0 Å². The van der Waals surface area contributed by atoms with Gasteiger partial charge < -0.3 is 14.2 Å². The number of rotatable bonds is 8. The predicted octanol–water partition coefficient (Wildman–Crippen LogP) is 3.38. The third kappa shape index (κ3) is 7.38. The number of benzene rings is 1. The number of hydrogen-bond acceptors (Lipinski definition) is 9. The summed E-state index contributed by atoms with van der Waals surface area (Å²) in [4.78, 5) is 24.2. The molecule has 0 spiro atoms. The highest BCUT2D eigenvalue weighted by Gasteiger charge is 2.18. The third-order valence-electron chi connectivity index (χ3n) is 3.62. The van der Waals surface area contributed by atoms with E-state index in [-0.39, 0.29) is 12.2 Å². The number of esters is 1. The molecular weight excluding hydrogens is 420 g/mol. The molecule has 9 nitrogen and oxygen atoms in total. The molecule has 2 rings (SSSR count). The van der Waals surface area contributed by atoms with Crippen molar-refractivity contribution in [3.8, 4) is 17.6 Å². The van der Waals surface area contributed by atoms with E-state index in [1.165, 1.54) is 24.5 Å². The van der Waals surface area contributed by atoms with E-state index in [4.69, 9.17) is 14.2 Å². The molecule has 0 aliphatic rings. The average Bonchev–Trinajstić information content (AvgIpc) is 3.16. The molecule has 0 bridgehead atoms. The van der Waals surface area contributed by atoms with Crippen LogP contribution in [0.3, 0.4) is 0 Å². The molecule has 0 fully saturated rings. The summed E-state index contributed by atoms with van der Waals surface area (Å²) in [6, 6.07) is 6.69. The van der Waals surface area contributed by atoms with E-state index >= 15 is 0 Å². The maximum atomic E-state index is 12.4. The van der Waals surface area contributed by atoms with Crippen molar-refractivity contribution in [1.82, 2.24) is 10.2 Å². The van der Waals surface area contributed by atoms with Crippen LogP contribution in [0.25, 0.3) is 6.08 Å². The van der Waals surface area contributed by atoms with Gasteiger partial charge in [0.2, 0.25) is 5.13 Å². The summed E-state index contributed by atoms with van der Waals surface area (Å²) in [5.74, 6) is -0.434. The molecule has 0 saturated carbocycles. The van der Waals surface area contributed by atoms with Crippen molar-refractivity contribution >= 4 is 34.4 Å². The van der Waals surface area contributed by atoms with Crippen molar-refractivity contribution in [3.05, 3.63) is 34.3 Å². The number of carbonyl (C=O) groups excluding carboxylic acids is 2. The van der Waals surface area contributed by atoms with Crippen LogP contribution in [0.1, 0.15) is 38.3 Å². The van der Waals surface area contributed by atoms with E-state index < -0.39 is 17.5 Å². The second-order valence-electron chi connectivity index (χ2n) is 7.26. The molecular formula is C21H24N4O5S. The van der Waals surface area contributed by atoms with Gasteiger partial charge in [-0.2, -0.15) is 5.26 Å². The van der Waals surface area contributed by atoms with Crippen molar-refractivity contribution in [2.45, 2.75) is 39.7 Å². The van der Waals surface area contributed by atoms with Gasteiger partial charge in [0.1, 0.15) is 22.3 Å². The number of carbonyl (C=O) groups is 2. The van der Waals surface area contributed by atoms with Gasteiger partial charge in [-0.15, -0.1) is 10.2 Å². The molecule has 0 atom stereocenters. The Bertz CT molecular complexity index is 1020. The molecule has 1 aromatic carbocycles. The van der Waals surface area contributed by atoms with Crippen LogP contribution in [0.4, 0.5) is 5.13 Å². The summed E-state index contributed by atoms with van der Waals surface area (Å²) >= 11 is 1.25. The first-order chi connectivity index (χ1) is 14.6. The Morgan fingerprint density at radius 3 is 2.58 bits per heavy atom. The molecule has 31 heavy (non-hydrogen) atoms. The van der Waals surface area contributed by atoms with Crippen LogP contribution >= 0.6 is 11.3 Å². The van der Waals surface area contributed by atoms with Crippen molar-refractivity contribution < 1.29 is 23.8 Å². The van der Waals surface area contributed by atoms with Crippen LogP contribution in [0.2, 0.25) is 0 Å². The second-order valence-corrected chi connectivity index (χ2v) is 8.33. The fourth-order valence-electron chi connectivity index (χ4n) is 2.33. The first kappa shape index (κ1) is 23.8. The van der Waals surface area contributed by atoms with Crippen molar-refractivity contribution in [3.63, 3.8) is 0 Å². The summed E-state index contributed by atoms with van der Waals surface area (Å²) < 4.78 is 16.0. The van der Waals surface area contributed by atoms with Gasteiger partial charge in [-0.05, 0) is 51.0 Å². The summed E-state index contributed by atoms with van der Waals surface area (Å²) in [5.41, 5.74) is -0.183. The number of nitriles is 1. The van der Waals surface area contributed by atoms with Crippen LogP contribution in [0.5, 0.6) is 11.5 Å². The molecule has 0 aliphatic heterocycles. The number of ether oxygens (including phenoxy) is 3. The van der Waals surface area contributed by atoms with Crippen LogP contribution < -0.4 is 14.8 Å². The zero-order valence-electron chi connectivity index (χ0n) is 18.0. The van der Waals surface area contributed by atoms with E-state index in [2.05, 4.69) is 15.5 Å². The zero-order chi connectivity index (χ0) is 23.0. The quantitative estimate of drug-likeness (QED) is 0.373. The lowest BCUT2D eigenvalue weighted by Crippen LogP contribution is -2.27. The molecule has 10 heteroatoms.